The lowest BCUT2D eigenvalue weighted by Gasteiger charge is -2.21. The Labute approximate surface area is 108 Å². The molecule has 0 fully saturated rings. The largest absolute Gasteiger partial charge is 0.475 e. The van der Waals surface area contributed by atoms with Crippen LogP contribution < -0.4 is 9.64 Å². The molecule has 0 saturated heterocycles. The number of aromatic nitrogens is 2. The fraction of sp³-hybridized carbons (Fsp3) is 0.667. The number of anilines is 1. The zero-order chi connectivity index (χ0) is 12.7. The molecule has 0 aliphatic carbocycles. The van der Waals surface area contributed by atoms with E-state index < -0.39 is 0 Å². The molecular weight excluding hydrogens is 238 g/mol. The van der Waals surface area contributed by atoms with E-state index in [1.54, 1.807) is 12.3 Å². The number of hydrogen-bond acceptors (Lipinski definition) is 4. The average Bonchev–Trinajstić information content (AvgIpc) is 2.28. The first kappa shape index (κ1) is 14.0. The monoisotopic (exact) mass is 257 g/mol. The third-order valence-corrected chi connectivity index (χ3v) is 2.27. The summed E-state index contributed by atoms with van der Waals surface area (Å²) in [6.07, 6.45) is 2.87. The molecule has 0 unspecified atom stereocenters. The lowest BCUT2D eigenvalue weighted by atomic mass is 10.4. The van der Waals surface area contributed by atoms with Crippen LogP contribution in [0.3, 0.4) is 0 Å². The third-order valence-electron chi connectivity index (χ3n) is 2.10. The molecule has 0 radical (unpaired) electrons. The van der Waals surface area contributed by atoms with E-state index in [9.17, 15) is 0 Å². The van der Waals surface area contributed by atoms with E-state index in [1.165, 1.54) is 0 Å². The van der Waals surface area contributed by atoms with Crippen LogP contribution in [-0.2, 0) is 0 Å². The van der Waals surface area contributed by atoms with Gasteiger partial charge in [0.25, 0.3) is 0 Å². The van der Waals surface area contributed by atoms with Crippen LogP contribution in [0.15, 0.2) is 12.3 Å². The van der Waals surface area contributed by atoms with Gasteiger partial charge >= 0.3 is 0 Å². The summed E-state index contributed by atoms with van der Waals surface area (Å²) in [6.45, 7) is 7.72. The van der Waals surface area contributed by atoms with Gasteiger partial charge in [-0.15, -0.1) is 11.6 Å². The van der Waals surface area contributed by atoms with Crippen molar-refractivity contribution in [1.82, 2.24) is 9.97 Å². The summed E-state index contributed by atoms with van der Waals surface area (Å²) in [5.41, 5.74) is 0. The Morgan fingerprint density at radius 3 is 2.76 bits per heavy atom. The first-order chi connectivity index (χ1) is 8.17. The molecule has 5 heteroatoms. The molecule has 0 aliphatic rings. The minimum Gasteiger partial charge on any atom is -0.475 e. The minimum absolute atomic E-state index is 0.116. The molecule has 96 valence electrons. The Balaban J connectivity index is 2.79. The van der Waals surface area contributed by atoms with Gasteiger partial charge in [0, 0.05) is 31.2 Å². The standard InChI is InChI=1S/C12H20ClN3O/c1-4-8-16(9-6-13)12-14-7-5-11(15-12)17-10(2)3/h5,7,10H,4,6,8-9H2,1-3H3. The van der Waals surface area contributed by atoms with Crippen LogP contribution in [0.1, 0.15) is 27.2 Å². The van der Waals surface area contributed by atoms with Crippen LogP contribution in [0, 0.1) is 0 Å². The highest BCUT2D eigenvalue weighted by molar-refractivity contribution is 6.18. The lowest BCUT2D eigenvalue weighted by molar-refractivity contribution is 0.232. The van der Waals surface area contributed by atoms with Crippen LogP contribution in [0.5, 0.6) is 5.88 Å². The summed E-state index contributed by atoms with van der Waals surface area (Å²) in [4.78, 5) is 10.7. The van der Waals surface area contributed by atoms with Crippen molar-refractivity contribution in [2.45, 2.75) is 33.3 Å². The molecule has 0 saturated carbocycles. The summed E-state index contributed by atoms with van der Waals surface area (Å²) in [7, 11) is 0. The van der Waals surface area contributed by atoms with E-state index in [0.29, 0.717) is 17.7 Å². The predicted octanol–water partition coefficient (Wildman–Crippen LogP) is 2.72. The maximum absolute atomic E-state index is 5.78. The third kappa shape index (κ3) is 4.77. The van der Waals surface area contributed by atoms with Crippen molar-refractivity contribution < 1.29 is 4.74 Å². The van der Waals surface area contributed by atoms with E-state index in [-0.39, 0.29) is 6.10 Å². The quantitative estimate of drug-likeness (QED) is 0.704. The smallest absolute Gasteiger partial charge is 0.228 e. The molecule has 0 amide bonds. The molecule has 17 heavy (non-hydrogen) atoms. The molecule has 0 bridgehead atoms. The van der Waals surface area contributed by atoms with Gasteiger partial charge in [-0.2, -0.15) is 4.98 Å². The van der Waals surface area contributed by atoms with Gasteiger partial charge in [0.1, 0.15) is 0 Å². The molecule has 0 N–H and O–H groups in total. The van der Waals surface area contributed by atoms with Crippen LogP contribution in [-0.4, -0.2) is 35.0 Å². The van der Waals surface area contributed by atoms with Crippen molar-refractivity contribution in [3.05, 3.63) is 12.3 Å². The number of hydrogen-bond donors (Lipinski definition) is 0. The second kappa shape index (κ2) is 7.33. The summed E-state index contributed by atoms with van der Waals surface area (Å²) in [6, 6.07) is 1.77. The van der Waals surface area contributed by atoms with Crippen molar-refractivity contribution >= 4 is 17.5 Å². The highest BCUT2D eigenvalue weighted by atomic mass is 35.5. The Hall–Kier alpha value is -1.03. The molecule has 1 aromatic rings. The molecule has 0 aliphatic heterocycles. The number of halogens is 1. The number of rotatable bonds is 7. The van der Waals surface area contributed by atoms with Gasteiger partial charge in [0.05, 0.1) is 6.10 Å². The number of nitrogens with zero attached hydrogens (tertiary/aromatic N) is 3. The normalized spacial score (nSPS) is 10.6. The van der Waals surface area contributed by atoms with E-state index in [1.807, 2.05) is 13.8 Å². The Morgan fingerprint density at radius 2 is 2.18 bits per heavy atom. The van der Waals surface area contributed by atoms with E-state index in [0.717, 1.165) is 19.5 Å². The Bertz CT molecular complexity index is 327. The highest BCUT2D eigenvalue weighted by Gasteiger charge is 2.09. The van der Waals surface area contributed by atoms with Gasteiger partial charge in [-0.1, -0.05) is 6.92 Å². The molecule has 0 spiro atoms. The van der Waals surface area contributed by atoms with Crippen LogP contribution in [0.25, 0.3) is 0 Å². The van der Waals surface area contributed by atoms with Gasteiger partial charge in [0.2, 0.25) is 11.8 Å². The maximum atomic E-state index is 5.78. The SMILES string of the molecule is CCCN(CCCl)c1nccc(OC(C)C)n1. The van der Waals surface area contributed by atoms with Gasteiger partial charge in [-0.25, -0.2) is 4.98 Å². The second-order valence-corrected chi connectivity index (χ2v) is 4.42. The number of ether oxygens (including phenoxy) is 1. The molecule has 1 aromatic heterocycles. The van der Waals surface area contributed by atoms with E-state index in [4.69, 9.17) is 16.3 Å². The van der Waals surface area contributed by atoms with Crippen LogP contribution in [0.4, 0.5) is 5.95 Å². The topological polar surface area (TPSA) is 38.2 Å². The number of alkyl halides is 1. The second-order valence-electron chi connectivity index (χ2n) is 4.04. The molecule has 0 atom stereocenters. The van der Waals surface area contributed by atoms with Crippen LogP contribution in [0.2, 0.25) is 0 Å². The van der Waals surface area contributed by atoms with Crippen LogP contribution >= 0.6 is 11.6 Å². The van der Waals surface area contributed by atoms with Crippen molar-refractivity contribution in [1.29, 1.82) is 0 Å². The summed E-state index contributed by atoms with van der Waals surface area (Å²) in [5.74, 6) is 1.87. The van der Waals surface area contributed by atoms with Gasteiger partial charge < -0.3 is 9.64 Å². The fourth-order valence-corrected chi connectivity index (χ4v) is 1.68. The molecular formula is C12H20ClN3O. The lowest BCUT2D eigenvalue weighted by Crippen LogP contribution is -2.28. The maximum Gasteiger partial charge on any atom is 0.228 e. The summed E-state index contributed by atoms with van der Waals surface area (Å²) >= 11 is 5.78. The van der Waals surface area contributed by atoms with E-state index >= 15 is 0 Å². The molecule has 4 nitrogen and oxygen atoms in total. The highest BCUT2D eigenvalue weighted by Crippen LogP contribution is 2.14. The average molecular weight is 258 g/mol. The van der Waals surface area contributed by atoms with Gasteiger partial charge in [-0.3, -0.25) is 0 Å². The van der Waals surface area contributed by atoms with Gasteiger partial charge in [-0.05, 0) is 20.3 Å². The van der Waals surface area contributed by atoms with Crippen molar-refractivity contribution in [3.8, 4) is 5.88 Å². The predicted molar refractivity (Wildman–Crippen MR) is 71.0 cm³/mol. The zero-order valence-electron chi connectivity index (χ0n) is 10.7. The summed E-state index contributed by atoms with van der Waals surface area (Å²) < 4.78 is 5.55. The molecule has 0 aromatic carbocycles. The first-order valence-electron chi connectivity index (χ1n) is 5.98. The summed E-state index contributed by atoms with van der Waals surface area (Å²) in [5, 5.41) is 0. The van der Waals surface area contributed by atoms with E-state index in [2.05, 4.69) is 21.8 Å². The van der Waals surface area contributed by atoms with Crippen molar-refractivity contribution in [2.24, 2.45) is 0 Å². The Kier molecular flexibility index (Phi) is 6.05. The van der Waals surface area contributed by atoms with Crippen molar-refractivity contribution in [2.75, 3.05) is 23.9 Å². The van der Waals surface area contributed by atoms with Gasteiger partial charge in [0.15, 0.2) is 0 Å². The molecule has 1 rings (SSSR count). The fourth-order valence-electron chi connectivity index (χ4n) is 1.48. The zero-order valence-corrected chi connectivity index (χ0v) is 11.4. The minimum atomic E-state index is 0.116. The molecule has 1 heterocycles. The van der Waals surface area contributed by atoms with Crippen molar-refractivity contribution in [3.63, 3.8) is 0 Å². The Morgan fingerprint density at radius 1 is 1.41 bits per heavy atom. The first-order valence-corrected chi connectivity index (χ1v) is 6.51.